The Bertz CT molecular complexity index is 570. The highest BCUT2D eigenvalue weighted by Gasteiger charge is 2.25. The van der Waals surface area contributed by atoms with E-state index in [9.17, 15) is 14.4 Å². The molecule has 12 nitrogen and oxygen atoms in total. The predicted octanol–water partition coefficient (Wildman–Crippen LogP) is 0.488. The molecule has 0 aliphatic rings. The maximum Gasteiger partial charge on any atom is 0.408 e. The molecule has 0 fully saturated rings. The van der Waals surface area contributed by atoms with Crippen LogP contribution in [0.25, 0.3) is 0 Å². The summed E-state index contributed by atoms with van der Waals surface area (Å²) in [4.78, 5) is 36.3. The Morgan fingerprint density at radius 3 is 1.76 bits per heavy atom. The van der Waals surface area contributed by atoms with Gasteiger partial charge in [-0.3, -0.25) is 20.4 Å². The van der Waals surface area contributed by atoms with Crippen LogP contribution >= 0.6 is 0 Å². The number of carbonyl (C=O) groups excluding carboxylic acids is 3. The van der Waals surface area contributed by atoms with Gasteiger partial charge in [-0.15, -0.1) is 0 Å². The molecule has 0 aliphatic heterocycles. The van der Waals surface area contributed by atoms with Gasteiger partial charge in [0.1, 0.15) is 11.6 Å². The third kappa shape index (κ3) is 20.6. The minimum absolute atomic E-state index is 0.0561. The number of alkyl carbamates (subject to hydrolysis) is 1. The quantitative estimate of drug-likeness (QED) is 0.158. The minimum Gasteiger partial charge on any atom is -0.444 e. The van der Waals surface area contributed by atoms with Crippen molar-refractivity contribution in [1.82, 2.24) is 16.2 Å². The van der Waals surface area contributed by atoms with Crippen LogP contribution < -0.4 is 21.9 Å². The van der Waals surface area contributed by atoms with Crippen LogP contribution in [0.3, 0.4) is 0 Å². The van der Waals surface area contributed by atoms with Gasteiger partial charge in [-0.25, -0.2) is 4.79 Å². The van der Waals surface area contributed by atoms with Crippen molar-refractivity contribution < 1.29 is 38.1 Å². The fourth-order valence-corrected chi connectivity index (χ4v) is 2.44. The largest absolute Gasteiger partial charge is 0.444 e. The Morgan fingerprint density at radius 1 is 0.794 bits per heavy atom. The topological polar surface area (TPSA) is 159 Å². The normalized spacial score (nSPS) is 12.3. The number of nitrogens with one attached hydrogen (secondary N) is 3. The number of carbonyl (C=O) groups is 3. The zero-order chi connectivity index (χ0) is 25.8. The summed E-state index contributed by atoms with van der Waals surface area (Å²) in [5.74, 6) is -0.811. The van der Waals surface area contributed by atoms with E-state index < -0.39 is 29.6 Å². The first-order valence-corrected chi connectivity index (χ1v) is 11.6. The molecule has 200 valence electrons. The second-order valence-electron chi connectivity index (χ2n) is 8.85. The Morgan fingerprint density at radius 2 is 1.29 bits per heavy atom. The van der Waals surface area contributed by atoms with E-state index in [0.29, 0.717) is 59.2 Å². The summed E-state index contributed by atoms with van der Waals surface area (Å²) in [6.45, 7) is 12.8. The van der Waals surface area contributed by atoms with E-state index in [-0.39, 0.29) is 18.9 Å². The molecule has 3 amide bonds. The van der Waals surface area contributed by atoms with E-state index in [2.05, 4.69) is 16.2 Å². The highest BCUT2D eigenvalue weighted by molar-refractivity contribution is 5.87. The lowest BCUT2D eigenvalue weighted by Gasteiger charge is -2.24. The van der Waals surface area contributed by atoms with Crippen molar-refractivity contribution in [3.05, 3.63) is 0 Å². The van der Waals surface area contributed by atoms with Crippen molar-refractivity contribution in [2.75, 3.05) is 59.4 Å². The van der Waals surface area contributed by atoms with Crippen LogP contribution in [0.4, 0.5) is 4.79 Å². The summed E-state index contributed by atoms with van der Waals surface area (Å²) in [5.41, 5.74) is 9.28. The average Bonchev–Trinajstić information content (AvgIpc) is 2.73. The molecule has 12 heteroatoms. The van der Waals surface area contributed by atoms with Gasteiger partial charge in [0.15, 0.2) is 0 Å². The molecule has 0 bridgehead atoms. The van der Waals surface area contributed by atoms with Gasteiger partial charge < -0.3 is 34.7 Å². The molecule has 0 spiro atoms. The van der Waals surface area contributed by atoms with E-state index in [4.69, 9.17) is 29.4 Å². The van der Waals surface area contributed by atoms with Crippen LogP contribution in [-0.2, 0) is 33.3 Å². The maximum atomic E-state index is 12.4. The third-order valence-electron chi connectivity index (χ3n) is 3.89. The summed E-state index contributed by atoms with van der Waals surface area (Å²) in [6.07, 6.45) is -0.254. The van der Waals surface area contributed by atoms with E-state index >= 15 is 0 Å². The number of ether oxygens (including phenoxy) is 5. The number of amides is 3. The van der Waals surface area contributed by atoms with Gasteiger partial charge in [0.05, 0.1) is 59.3 Å². The second-order valence-corrected chi connectivity index (χ2v) is 8.85. The zero-order valence-electron chi connectivity index (χ0n) is 21.3. The van der Waals surface area contributed by atoms with Gasteiger partial charge in [-0.2, -0.15) is 0 Å². The maximum absolute atomic E-state index is 12.4. The highest BCUT2D eigenvalue weighted by atomic mass is 16.6. The Kier molecular flexibility index (Phi) is 18.2. The molecule has 0 rings (SSSR count). The first-order chi connectivity index (χ1) is 16.0. The molecule has 0 radical (unpaired) electrons. The molecule has 0 aromatic heterocycles. The fraction of sp³-hybridized carbons (Fsp3) is 0.864. The zero-order valence-corrected chi connectivity index (χ0v) is 21.3. The summed E-state index contributed by atoms with van der Waals surface area (Å²) in [6, 6.07) is -0.842. The molecule has 5 N–H and O–H groups in total. The molecular weight excluding hydrogens is 448 g/mol. The van der Waals surface area contributed by atoms with E-state index in [0.717, 1.165) is 0 Å². The van der Waals surface area contributed by atoms with Gasteiger partial charge in [-0.05, 0) is 33.1 Å². The summed E-state index contributed by atoms with van der Waals surface area (Å²) >= 11 is 0. The number of hydrogen-bond donors (Lipinski definition) is 4. The van der Waals surface area contributed by atoms with Crippen molar-refractivity contribution in [3.8, 4) is 0 Å². The van der Waals surface area contributed by atoms with Gasteiger partial charge in [-0.1, -0.05) is 13.8 Å². The lowest BCUT2D eigenvalue weighted by molar-refractivity contribution is -0.130. The molecule has 0 aromatic carbocycles. The molecule has 0 aromatic rings. The number of rotatable bonds is 18. The molecule has 1 unspecified atom stereocenters. The lowest BCUT2D eigenvalue weighted by atomic mass is 10.0. The summed E-state index contributed by atoms with van der Waals surface area (Å²) in [5, 5.41) is 2.54. The molecule has 1 atom stereocenters. The van der Waals surface area contributed by atoms with Crippen molar-refractivity contribution in [2.45, 2.75) is 59.1 Å². The molecule has 0 aliphatic carbocycles. The number of hydrogen-bond acceptors (Lipinski definition) is 9. The van der Waals surface area contributed by atoms with Crippen molar-refractivity contribution >= 4 is 17.9 Å². The Hall–Kier alpha value is -1.99. The monoisotopic (exact) mass is 492 g/mol. The van der Waals surface area contributed by atoms with Crippen LogP contribution in [0, 0.1) is 5.92 Å². The molecule has 0 saturated carbocycles. The molecule has 0 heterocycles. The van der Waals surface area contributed by atoms with Crippen LogP contribution in [0.15, 0.2) is 0 Å². The van der Waals surface area contributed by atoms with Gasteiger partial charge >= 0.3 is 6.09 Å². The van der Waals surface area contributed by atoms with Gasteiger partial charge in [0, 0.05) is 6.54 Å². The summed E-state index contributed by atoms with van der Waals surface area (Å²) in [7, 11) is 0. The van der Waals surface area contributed by atoms with Gasteiger partial charge in [0.25, 0.3) is 5.91 Å². The standard InChI is InChI=1S/C22H44N4O8/c1-17(2)16-18(24-21(29)34-22(3,4)5)20(28)26-25-19(27)6-8-30-10-12-32-14-15-33-13-11-31-9-7-23/h17-18H,6-16,23H2,1-5H3,(H,24,29)(H,25,27)(H,26,28). The predicted molar refractivity (Wildman–Crippen MR) is 126 cm³/mol. The Balaban J connectivity index is 3.92. The van der Waals surface area contributed by atoms with Crippen molar-refractivity contribution in [3.63, 3.8) is 0 Å². The number of hydrazine groups is 1. The smallest absolute Gasteiger partial charge is 0.408 e. The first kappa shape index (κ1) is 32.0. The molecular formula is C22H44N4O8. The van der Waals surface area contributed by atoms with Gasteiger partial charge in [0.2, 0.25) is 5.91 Å². The summed E-state index contributed by atoms with van der Waals surface area (Å²) < 4.78 is 26.4. The third-order valence-corrected chi connectivity index (χ3v) is 3.89. The molecule has 34 heavy (non-hydrogen) atoms. The van der Waals surface area contributed by atoms with Crippen LogP contribution in [-0.4, -0.2) is 89.0 Å². The lowest BCUT2D eigenvalue weighted by Crippen LogP contribution is -2.53. The SMILES string of the molecule is CC(C)CC(NC(=O)OC(C)(C)C)C(=O)NNC(=O)CCOCCOCCOCCOCCN. The van der Waals surface area contributed by atoms with E-state index in [1.54, 1.807) is 20.8 Å². The number of nitrogens with two attached hydrogens (primary N) is 1. The van der Waals surface area contributed by atoms with Crippen LogP contribution in [0.2, 0.25) is 0 Å². The van der Waals surface area contributed by atoms with Crippen LogP contribution in [0.5, 0.6) is 0 Å². The average molecular weight is 493 g/mol. The second kappa shape index (κ2) is 19.3. The van der Waals surface area contributed by atoms with E-state index in [1.165, 1.54) is 0 Å². The molecule has 0 saturated heterocycles. The van der Waals surface area contributed by atoms with E-state index in [1.807, 2.05) is 13.8 Å². The van der Waals surface area contributed by atoms with Crippen molar-refractivity contribution in [1.29, 1.82) is 0 Å². The minimum atomic E-state index is -0.842. The van der Waals surface area contributed by atoms with Crippen LogP contribution in [0.1, 0.15) is 47.5 Å². The first-order valence-electron chi connectivity index (χ1n) is 11.6. The fourth-order valence-electron chi connectivity index (χ4n) is 2.44. The highest BCUT2D eigenvalue weighted by Crippen LogP contribution is 2.09. The van der Waals surface area contributed by atoms with Crippen molar-refractivity contribution in [2.24, 2.45) is 11.7 Å². The Labute approximate surface area is 202 Å².